The average molecular weight is 313 g/mol. The van der Waals surface area contributed by atoms with E-state index in [9.17, 15) is 19.7 Å². The molecule has 1 N–H and O–H groups in total. The molecule has 0 radical (unpaired) electrons. The first kappa shape index (κ1) is 17.0. The van der Waals surface area contributed by atoms with Crippen LogP contribution < -0.4 is 0 Å². The molecule has 0 amide bonds. The molecule has 8 heteroatoms. The van der Waals surface area contributed by atoms with Gasteiger partial charge in [0, 0.05) is 6.07 Å². The summed E-state index contributed by atoms with van der Waals surface area (Å²) in [4.78, 5) is 32.9. The average Bonchev–Trinajstić information content (AvgIpc) is 2.33. The van der Waals surface area contributed by atoms with Crippen molar-refractivity contribution in [1.82, 2.24) is 0 Å². The second-order valence-electron chi connectivity index (χ2n) is 5.12. The van der Waals surface area contributed by atoms with Crippen LogP contribution in [0.1, 0.15) is 31.1 Å². The summed E-state index contributed by atoms with van der Waals surface area (Å²) in [7, 11) is 0. The fraction of sp³-hybridized carbons (Fsp3) is 0.385. The van der Waals surface area contributed by atoms with Crippen molar-refractivity contribution in [3.63, 3.8) is 0 Å². The number of carboxylic acid groups (broad SMARTS) is 1. The van der Waals surface area contributed by atoms with Crippen LogP contribution in [0.25, 0.3) is 0 Å². The molecule has 0 fully saturated rings. The van der Waals surface area contributed by atoms with Gasteiger partial charge in [0.15, 0.2) is 0 Å². The molecule has 0 saturated carbocycles. The minimum atomic E-state index is -1.19. The standard InChI is InChI=1S/C13H15NO6S/c1-13(2,3)20-11(15)7-21-10-6-8(12(16)17)4-5-9(10)14(18)19/h4-6H,7H2,1-3H3,(H,16,17). The summed E-state index contributed by atoms with van der Waals surface area (Å²) < 4.78 is 5.09. The van der Waals surface area contributed by atoms with Gasteiger partial charge in [-0.05, 0) is 32.9 Å². The first-order chi connectivity index (χ1) is 9.60. The molecule has 1 aromatic carbocycles. The van der Waals surface area contributed by atoms with Crippen molar-refractivity contribution in [3.8, 4) is 0 Å². The van der Waals surface area contributed by atoms with Crippen molar-refractivity contribution >= 4 is 29.4 Å². The van der Waals surface area contributed by atoms with Gasteiger partial charge in [-0.3, -0.25) is 14.9 Å². The monoisotopic (exact) mass is 313 g/mol. The number of ether oxygens (including phenoxy) is 1. The van der Waals surface area contributed by atoms with Gasteiger partial charge in [-0.1, -0.05) is 0 Å². The quantitative estimate of drug-likeness (QED) is 0.385. The minimum absolute atomic E-state index is 0.0766. The Morgan fingerprint density at radius 2 is 2.00 bits per heavy atom. The van der Waals surface area contributed by atoms with Crippen LogP contribution in [-0.2, 0) is 9.53 Å². The molecule has 0 atom stereocenters. The predicted octanol–water partition coefficient (Wildman–Crippen LogP) is 2.73. The van der Waals surface area contributed by atoms with E-state index in [1.165, 1.54) is 6.07 Å². The molecule has 0 aromatic heterocycles. The largest absolute Gasteiger partial charge is 0.478 e. The Hall–Kier alpha value is -2.09. The molecule has 1 aromatic rings. The highest BCUT2D eigenvalue weighted by atomic mass is 32.2. The van der Waals surface area contributed by atoms with Gasteiger partial charge in [0.05, 0.1) is 21.1 Å². The summed E-state index contributed by atoms with van der Waals surface area (Å²) in [6.45, 7) is 5.13. The summed E-state index contributed by atoms with van der Waals surface area (Å²) in [6, 6.07) is 3.44. The Morgan fingerprint density at radius 3 is 2.48 bits per heavy atom. The number of carbonyl (C=O) groups is 2. The second kappa shape index (κ2) is 6.57. The maximum absolute atomic E-state index is 11.6. The van der Waals surface area contributed by atoms with E-state index < -0.39 is 22.5 Å². The van der Waals surface area contributed by atoms with Gasteiger partial charge in [-0.15, -0.1) is 11.8 Å². The zero-order valence-electron chi connectivity index (χ0n) is 11.8. The normalized spacial score (nSPS) is 11.0. The van der Waals surface area contributed by atoms with Crippen LogP contribution in [0.3, 0.4) is 0 Å². The van der Waals surface area contributed by atoms with Crippen molar-refractivity contribution in [2.24, 2.45) is 0 Å². The fourth-order valence-corrected chi connectivity index (χ4v) is 2.25. The first-order valence-electron chi connectivity index (χ1n) is 5.96. The Bertz CT molecular complexity index is 579. The van der Waals surface area contributed by atoms with E-state index in [1.807, 2.05) is 0 Å². The van der Waals surface area contributed by atoms with Crippen LogP contribution in [0.5, 0.6) is 0 Å². The molecule has 0 spiro atoms. The van der Waals surface area contributed by atoms with Gasteiger partial charge in [0.1, 0.15) is 5.60 Å². The number of benzene rings is 1. The number of rotatable bonds is 5. The van der Waals surface area contributed by atoms with E-state index in [0.717, 1.165) is 23.9 Å². The third kappa shape index (κ3) is 5.42. The number of hydrogen-bond acceptors (Lipinski definition) is 6. The summed E-state index contributed by atoms with van der Waals surface area (Å²) in [5.41, 5.74) is -0.965. The zero-order chi connectivity index (χ0) is 16.2. The fourth-order valence-electron chi connectivity index (χ4n) is 1.42. The topological polar surface area (TPSA) is 107 Å². The van der Waals surface area contributed by atoms with Crippen molar-refractivity contribution in [3.05, 3.63) is 33.9 Å². The maximum atomic E-state index is 11.6. The number of aromatic carboxylic acids is 1. The molecule has 0 bridgehead atoms. The third-order valence-electron chi connectivity index (χ3n) is 2.17. The highest BCUT2D eigenvalue weighted by molar-refractivity contribution is 8.00. The SMILES string of the molecule is CC(C)(C)OC(=O)CSc1cc(C(=O)O)ccc1[N+](=O)[O-]. The molecular weight excluding hydrogens is 298 g/mol. The predicted molar refractivity (Wildman–Crippen MR) is 76.6 cm³/mol. The van der Waals surface area contributed by atoms with E-state index in [0.29, 0.717) is 0 Å². The van der Waals surface area contributed by atoms with Crippen LogP contribution in [0.2, 0.25) is 0 Å². The summed E-state index contributed by atoms with van der Waals surface area (Å²) in [6.07, 6.45) is 0. The number of thioether (sulfide) groups is 1. The molecule has 0 heterocycles. The lowest BCUT2D eigenvalue weighted by Crippen LogP contribution is -2.24. The Kier molecular flexibility index (Phi) is 5.31. The smallest absolute Gasteiger partial charge is 0.335 e. The minimum Gasteiger partial charge on any atom is -0.478 e. The Labute approximate surface area is 125 Å². The lowest BCUT2D eigenvalue weighted by molar-refractivity contribution is -0.387. The van der Waals surface area contributed by atoms with E-state index in [2.05, 4.69) is 0 Å². The van der Waals surface area contributed by atoms with E-state index in [1.54, 1.807) is 20.8 Å². The molecule has 0 aliphatic heterocycles. The van der Waals surface area contributed by atoms with Crippen LogP contribution in [0.15, 0.2) is 23.1 Å². The Morgan fingerprint density at radius 1 is 1.38 bits per heavy atom. The molecule has 114 valence electrons. The number of carbonyl (C=O) groups excluding carboxylic acids is 1. The lowest BCUT2D eigenvalue weighted by atomic mass is 10.2. The molecule has 0 aliphatic rings. The summed E-state index contributed by atoms with van der Waals surface area (Å²) in [5.74, 6) is -1.85. The highest BCUT2D eigenvalue weighted by Gasteiger charge is 2.20. The number of hydrogen-bond donors (Lipinski definition) is 1. The number of nitro groups is 1. The van der Waals surface area contributed by atoms with Crippen LogP contribution in [0, 0.1) is 10.1 Å². The van der Waals surface area contributed by atoms with E-state index in [-0.39, 0.29) is 21.9 Å². The van der Waals surface area contributed by atoms with Crippen LogP contribution in [0.4, 0.5) is 5.69 Å². The van der Waals surface area contributed by atoms with Crippen LogP contribution >= 0.6 is 11.8 Å². The zero-order valence-corrected chi connectivity index (χ0v) is 12.6. The third-order valence-corrected chi connectivity index (χ3v) is 3.19. The molecule has 21 heavy (non-hydrogen) atoms. The second-order valence-corrected chi connectivity index (χ2v) is 6.14. The summed E-state index contributed by atoms with van der Waals surface area (Å²) >= 11 is 0.876. The van der Waals surface area contributed by atoms with E-state index >= 15 is 0 Å². The number of nitro benzene ring substituents is 1. The summed E-state index contributed by atoms with van der Waals surface area (Å²) in [5, 5.41) is 19.8. The maximum Gasteiger partial charge on any atom is 0.335 e. The highest BCUT2D eigenvalue weighted by Crippen LogP contribution is 2.30. The van der Waals surface area contributed by atoms with Crippen LogP contribution in [-0.4, -0.2) is 33.3 Å². The van der Waals surface area contributed by atoms with Gasteiger partial charge in [-0.2, -0.15) is 0 Å². The molecule has 7 nitrogen and oxygen atoms in total. The number of nitrogens with zero attached hydrogens (tertiary/aromatic N) is 1. The van der Waals surface area contributed by atoms with Gasteiger partial charge in [0.2, 0.25) is 0 Å². The van der Waals surface area contributed by atoms with Gasteiger partial charge in [-0.25, -0.2) is 4.79 Å². The van der Waals surface area contributed by atoms with Crippen molar-refractivity contribution < 1.29 is 24.4 Å². The van der Waals surface area contributed by atoms with Crippen molar-refractivity contribution in [1.29, 1.82) is 0 Å². The molecular formula is C13H15NO6S. The molecule has 1 rings (SSSR count). The lowest BCUT2D eigenvalue weighted by Gasteiger charge is -2.19. The molecule has 0 unspecified atom stereocenters. The molecule has 0 saturated heterocycles. The van der Waals surface area contributed by atoms with Gasteiger partial charge in [0.25, 0.3) is 5.69 Å². The van der Waals surface area contributed by atoms with Crippen molar-refractivity contribution in [2.75, 3.05) is 5.75 Å². The molecule has 0 aliphatic carbocycles. The van der Waals surface area contributed by atoms with E-state index in [4.69, 9.17) is 9.84 Å². The van der Waals surface area contributed by atoms with Gasteiger partial charge < -0.3 is 9.84 Å². The number of carboxylic acids is 1. The first-order valence-corrected chi connectivity index (χ1v) is 6.95. The number of esters is 1. The Balaban J connectivity index is 2.90. The van der Waals surface area contributed by atoms with Gasteiger partial charge >= 0.3 is 11.9 Å². The van der Waals surface area contributed by atoms with Crippen molar-refractivity contribution in [2.45, 2.75) is 31.3 Å².